The van der Waals surface area contributed by atoms with Crippen LogP contribution < -0.4 is 19.9 Å². The van der Waals surface area contributed by atoms with E-state index in [1.807, 2.05) is 43.3 Å². The second-order valence-electron chi connectivity index (χ2n) is 24.8. The van der Waals surface area contributed by atoms with E-state index in [4.69, 9.17) is 77.9 Å². The first-order valence-electron chi connectivity index (χ1n) is 32.1. The Bertz CT molecular complexity index is 2620. The number of hydrogen-bond acceptors (Lipinski definition) is 15. The third-order valence-electron chi connectivity index (χ3n) is 17.7. The zero-order valence-electron chi connectivity index (χ0n) is 65.8. The topological polar surface area (TPSA) is 174 Å². The minimum Gasteiger partial charge on any atom is -0.506 e. The van der Waals surface area contributed by atoms with E-state index < -0.39 is 24.4 Å². The van der Waals surface area contributed by atoms with E-state index in [0.717, 1.165) is 120 Å². The van der Waals surface area contributed by atoms with E-state index >= 15 is 0 Å². The molecule has 6 aliphatic rings. The molecule has 6 heterocycles. The van der Waals surface area contributed by atoms with Crippen LogP contribution >= 0.6 is 58.0 Å². The molecule has 8 atom stereocenters. The van der Waals surface area contributed by atoms with Gasteiger partial charge in [-0.25, -0.2) is 0 Å². The number of halogens is 5. The maximum Gasteiger partial charge on any atom is 0.137 e. The quantitative estimate of drug-likeness (QED) is 0.0311. The normalized spacial score (nSPS) is 15.5. The third-order valence-corrected chi connectivity index (χ3v) is 19.0. The average molecular weight is 7970 g/mol. The molecule has 15 nitrogen and oxygen atoms in total. The van der Waals surface area contributed by atoms with E-state index in [-0.39, 0.29) is 901 Å². The van der Waals surface area contributed by atoms with E-state index in [1.54, 1.807) is 30.3 Å². The number of nitrogens with zero attached hydrogens (tertiary/aromatic N) is 6. The number of aliphatic hydroxyl groups excluding tert-OH is 4. The standard InChI is InChI=1S/C19H29ClN2O2.C18H28ClN3O2.C16H23Cl2NO2.C14H20ClNO2.28U/c1-15(14-22-7-2-3-8-22)19(23)16-5-6-18(17(20)13-16)24-12-11-21-9-4-10-21;19-15-12-14(18(23)16(20)13-22-6-1-2-7-22)4-5-17(15)24-11-10-21-8-3-9-21;1-12(11-19-7-2-3-8-19)16(20)13-4-5-15(14(18)10-13)21-9-6-17;1-10(9-16-6-2-3-7-16)14(18)11-4-5-13(17)12(15)8-11;;;;;;;;;;;;;;;;;;;;;;;;;;;;/h5-6,13,15,19,23H,2-4,7-12,14H2,1H3;4-5,12,16,18,23H,1-3,6-11,13,20H2;4-5,10,12,16,20H,2-3,6-9,11H2,1H3;4-5,8,10,14,17-18H,2-3,6-7,9H2,1H3;;;;;;;;;;;;;;;;;;;;;;;;;;;;/t15-,19?;16-,18?;12-,16?;10-,14?;;;;;;;;;;;;;;;;;;;;;;;;;;;;/m1111............................/s1. The summed E-state index contributed by atoms with van der Waals surface area (Å²) < 4.78 is 17.0. The zero-order chi connectivity index (χ0) is 62.2. The number of aromatic hydroxyl groups is 1. The number of phenols is 1. The van der Waals surface area contributed by atoms with Crippen molar-refractivity contribution >= 4 is 58.0 Å². The van der Waals surface area contributed by atoms with Crippen LogP contribution in [-0.2, 0) is 0 Å². The predicted octanol–water partition coefficient (Wildman–Crippen LogP) is 11.6. The Balaban J connectivity index is -0.0000000466. The Morgan fingerprint density at radius 2 is 0.522 bits per heavy atom. The molecule has 48 heteroatoms. The summed E-state index contributed by atoms with van der Waals surface area (Å²) >= 11 is 30.3. The van der Waals surface area contributed by atoms with Crippen LogP contribution in [0.15, 0.2) is 72.8 Å². The third kappa shape index (κ3) is 81.0. The molecule has 6 saturated heterocycles. The van der Waals surface area contributed by atoms with Crippen LogP contribution in [0, 0.1) is 889 Å². The monoisotopic (exact) mass is 7970 g/mol. The molecule has 10 rings (SSSR count). The summed E-state index contributed by atoms with van der Waals surface area (Å²) in [6.07, 6.45) is 10.4. The molecule has 6 aliphatic heterocycles. The van der Waals surface area contributed by atoms with Crippen molar-refractivity contribution in [2.45, 2.75) is 115 Å². The molecule has 4 aromatic rings. The molecule has 0 saturated carbocycles. The number of alkyl halides is 1. The van der Waals surface area contributed by atoms with Crippen LogP contribution in [-0.4, -0.2) is 204 Å². The summed E-state index contributed by atoms with van der Waals surface area (Å²) in [5.74, 6) is 2.99. The smallest absolute Gasteiger partial charge is 0.137 e. The van der Waals surface area contributed by atoms with Crippen LogP contribution in [0.3, 0.4) is 0 Å². The number of aliphatic hydroxyl groups is 4. The van der Waals surface area contributed by atoms with E-state index in [2.05, 4.69) is 43.2 Å². The number of nitrogens with two attached hydrogens (primary N) is 1. The molecule has 0 radical (unpaired) electrons. The molecule has 7 N–H and O–H groups in total. The van der Waals surface area contributed by atoms with Crippen molar-refractivity contribution in [3.05, 3.63) is 115 Å². The van der Waals surface area contributed by atoms with Gasteiger partial charge in [0.2, 0.25) is 0 Å². The molecule has 4 unspecified atom stereocenters. The van der Waals surface area contributed by atoms with Gasteiger partial charge < -0.3 is 65.1 Å². The fourth-order valence-electron chi connectivity index (χ4n) is 12.1. The van der Waals surface area contributed by atoms with Gasteiger partial charge in [0.15, 0.2) is 0 Å². The van der Waals surface area contributed by atoms with Crippen LogP contribution in [0.4, 0.5) is 0 Å². The van der Waals surface area contributed by atoms with Gasteiger partial charge in [0.25, 0.3) is 0 Å². The molecular formula is C67H100Cl5N7O8U28. The van der Waals surface area contributed by atoms with E-state index in [0.29, 0.717) is 69.6 Å². The minimum absolute atomic E-state index is 0. The fourth-order valence-corrected chi connectivity index (χ4v) is 13.1. The van der Waals surface area contributed by atoms with Crippen molar-refractivity contribution in [1.29, 1.82) is 0 Å². The molecule has 0 amide bonds. The molecule has 0 aliphatic carbocycles. The first-order chi connectivity index (χ1) is 42.0. The number of ether oxygens (including phenoxy) is 3. The fraction of sp³-hybridized carbons (Fsp3) is 0.642. The molecule has 6 fully saturated rings. The SMILES string of the molecule is C[C@H](CN1CCCC1)C(O)c1ccc(O)c(Cl)c1.C[C@H](CN1CCCC1)C(O)c1ccc(OCCCl)c(Cl)c1.C[C@H](CN1CCCC1)C(O)c1ccc(OCCN2CCC2)c(Cl)c1.N[C@H](CN1CCCC1)C(O)c1ccc(OCCN2CCC2)c(Cl)c1.[U].[U].[U].[U].[U].[U].[U].[U].[U].[U].[U].[U].[U].[U].[U].[U].[U].[U].[U].[U].[U].[U].[U].[U].[U].[U].[U].[U]. The number of rotatable bonds is 27. The van der Waals surface area contributed by atoms with Gasteiger partial charge in [-0.05, 0) is 231 Å². The molecule has 4 aromatic carbocycles. The van der Waals surface area contributed by atoms with Crippen LogP contribution in [0.5, 0.6) is 23.0 Å². The van der Waals surface area contributed by atoms with Crippen molar-refractivity contribution in [2.75, 3.05) is 144 Å². The summed E-state index contributed by atoms with van der Waals surface area (Å²) in [7, 11) is 0. The Morgan fingerprint density at radius 3 is 0.748 bits per heavy atom. The van der Waals surface area contributed by atoms with Gasteiger partial charge in [-0.1, -0.05) is 91.4 Å². The second-order valence-corrected chi connectivity index (χ2v) is 26.8. The Morgan fingerprint density at radius 1 is 0.304 bits per heavy atom. The van der Waals surface area contributed by atoms with Gasteiger partial charge in [-0.3, -0.25) is 9.80 Å². The number of phenolic OH excluding ortho intramolecular Hbond substituents is 1. The summed E-state index contributed by atoms with van der Waals surface area (Å²) in [6.45, 7) is 27.0. The molecule has 115 heavy (non-hydrogen) atoms. The largest absolute Gasteiger partial charge is 0.506 e. The maximum atomic E-state index is 10.6. The van der Waals surface area contributed by atoms with Gasteiger partial charge >= 0.3 is 0 Å². The van der Waals surface area contributed by atoms with Gasteiger partial charge in [0.05, 0.1) is 50.4 Å². The first-order valence-corrected chi connectivity index (χ1v) is 34.1. The number of benzene rings is 4. The van der Waals surface area contributed by atoms with E-state index in [1.165, 1.54) is 83.4 Å². The zero-order valence-corrected chi connectivity index (χ0v) is 186. The van der Waals surface area contributed by atoms with Crippen LogP contribution in [0.1, 0.15) is 132 Å². The number of hydrogen-bond donors (Lipinski definition) is 6. The van der Waals surface area contributed by atoms with Gasteiger partial charge in [0.1, 0.15) is 42.8 Å². The van der Waals surface area contributed by atoms with Gasteiger partial charge in [-0.2, -0.15) is 0 Å². The second kappa shape index (κ2) is 119. The summed E-state index contributed by atoms with van der Waals surface area (Å²) in [5, 5.41) is 53.2. The van der Waals surface area contributed by atoms with E-state index in [9.17, 15) is 25.5 Å². The van der Waals surface area contributed by atoms with Crippen LogP contribution in [0.25, 0.3) is 0 Å². The van der Waals surface area contributed by atoms with Crippen LogP contribution in [0.2, 0.25) is 20.1 Å². The van der Waals surface area contributed by atoms with Crippen molar-refractivity contribution in [3.63, 3.8) is 0 Å². The summed E-state index contributed by atoms with van der Waals surface area (Å²) in [5.41, 5.74) is 9.42. The Labute approximate surface area is 1380 Å². The first kappa shape index (κ1) is 196. The average Bonchev–Trinajstić information content (AvgIpc) is 0.942. The summed E-state index contributed by atoms with van der Waals surface area (Å²) in [6, 6.07) is 21.2. The maximum absolute atomic E-state index is 10.6. The van der Waals surface area contributed by atoms with Gasteiger partial charge in [0, 0.05) is 916 Å². The molecule has 0 spiro atoms. The molecule has 0 bridgehead atoms. The van der Waals surface area contributed by atoms with Crippen molar-refractivity contribution in [1.82, 2.24) is 29.4 Å². The van der Waals surface area contributed by atoms with Crippen molar-refractivity contribution in [3.8, 4) is 23.0 Å². The molecular weight excluding hydrogens is 7870 g/mol. The minimum atomic E-state index is -0.710. The van der Waals surface area contributed by atoms with Crippen molar-refractivity contribution < 1.29 is 911 Å². The number of likely N-dealkylation sites (tertiary alicyclic amines) is 6. The Hall–Kier alpha value is 26.5. The molecule has 598 valence electrons. The predicted molar refractivity (Wildman–Crippen MR) is 355 cm³/mol. The summed E-state index contributed by atoms with van der Waals surface area (Å²) in [4.78, 5) is 14.3. The Kier molecular flexibility index (Phi) is 203. The van der Waals surface area contributed by atoms with Gasteiger partial charge in [-0.15, -0.1) is 11.6 Å². The van der Waals surface area contributed by atoms with Crippen molar-refractivity contribution in [2.24, 2.45) is 23.5 Å². The molecule has 0 aromatic heterocycles.